The van der Waals surface area contributed by atoms with Gasteiger partial charge in [-0.15, -0.1) is 0 Å². The molecule has 2 aliphatic rings. The summed E-state index contributed by atoms with van der Waals surface area (Å²) < 4.78 is 0. The molecule has 0 bridgehead atoms. The van der Waals surface area contributed by atoms with Gasteiger partial charge in [-0.2, -0.15) is 0 Å². The molecular formula is C12H24N2. The fourth-order valence-electron chi connectivity index (χ4n) is 2.65. The average molecular weight is 196 g/mol. The Balaban J connectivity index is 1.69. The van der Waals surface area contributed by atoms with Gasteiger partial charge in [0.05, 0.1) is 0 Å². The van der Waals surface area contributed by atoms with Crippen LogP contribution in [0.5, 0.6) is 0 Å². The van der Waals surface area contributed by atoms with Crippen LogP contribution >= 0.6 is 0 Å². The highest BCUT2D eigenvalue weighted by Gasteiger charge is 2.28. The van der Waals surface area contributed by atoms with E-state index < -0.39 is 0 Å². The summed E-state index contributed by atoms with van der Waals surface area (Å²) in [6.07, 6.45) is 7.10. The van der Waals surface area contributed by atoms with E-state index in [1.54, 1.807) is 0 Å². The minimum Gasteiger partial charge on any atom is -0.312 e. The van der Waals surface area contributed by atoms with E-state index >= 15 is 0 Å². The van der Waals surface area contributed by atoms with Gasteiger partial charge in [0, 0.05) is 18.1 Å². The van der Waals surface area contributed by atoms with E-state index in [9.17, 15) is 0 Å². The number of nitrogens with zero attached hydrogens (tertiary/aromatic N) is 1. The molecule has 0 unspecified atom stereocenters. The first-order valence-electron chi connectivity index (χ1n) is 6.26. The molecule has 1 aliphatic heterocycles. The van der Waals surface area contributed by atoms with E-state index in [1.807, 2.05) is 0 Å². The molecule has 14 heavy (non-hydrogen) atoms. The van der Waals surface area contributed by atoms with E-state index in [0.29, 0.717) is 6.04 Å². The fraction of sp³-hybridized carbons (Fsp3) is 1.00. The van der Waals surface area contributed by atoms with E-state index in [4.69, 9.17) is 0 Å². The third-order valence-electron chi connectivity index (χ3n) is 3.69. The van der Waals surface area contributed by atoms with E-state index in [-0.39, 0.29) is 0 Å². The number of likely N-dealkylation sites (tertiary alicyclic amines) is 1. The number of piperidine rings is 1. The summed E-state index contributed by atoms with van der Waals surface area (Å²) in [5.74, 6) is 0. The van der Waals surface area contributed by atoms with Crippen molar-refractivity contribution in [3.8, 4) is 0 Å². The Labute approximate surface area is 88.1 Å². The summed E-state index contributed by atoms with van der Waals surface area (Å²) in [5, 5.41) is 3.65. The van der Waals surface area contributed by atoms with Crippen LogP contribution in [-0.4, -0.2) is 36.1 Å². The maximum atomic E-state index is 3.65. The molecule has 0 aromatic carbocycles. The minimum absolute atomic E-state index is 0.648. The molecule has 1 saturated heterocycles. The van der Waals surface area contributed by atoms with Crippen molar-refractivity contribution in [3.05, 3.63) is 0 Å². The molecule has 0 radical (unpaired) electrons. The largest absolute Gasteiger partial charge is 0.312 e. The second kappa shape index (κ2) is 4.63. The topological polar surface area (TPSA) is 15.3 Å². The second-order valence-electron chi connectivity index (χ2n) is 5.22. The summed E-state index contributed by atoms with van der Waals surface area (Å²) in [6.45, 7) is 7.15. The van der Waals surface area contributed by atoms with Crippen molar-refractivity contribution >= 4 is 0 Å². The number of hydrogen-bond donors (Lipinski definition) is 1. The summed E-state index contributed by atoms with van der Waals surface area (Å²) in [7, 11) is 0. The molecule has 2 rings (SSSR count). The highest BCUT2D eigenvalue weighted by molar-refractivity contribution is 4.85. The van der Waals surface area contributed by atoms with Crippen LogP contribution in [0.3, 0.4) is 0 Å². The standard InChI is InChI=1S/C12H24N2/c1-10(2)13-11-6-8-14(9-7-11)12-4-3-5-12/h10-13H,3-9H2,1-2H3. The molecule has 0 spiro atoms. The molecular weight excluding hydrogens is 172 g/mol. The first kappa shape index (κ1) is 10.4. The average Bonchev–Trinajstić information content (AvgIpc) is 2.04. The summed E-state index contributed by atoms with van der Waals surface area (Å²) in [5.41, 5.74) is 0. The van der Waals surface area contributed by atoms with E-state index in [1.165, 1.54) is 45.2 Å². The monoisotopic (exact) mass is 196 g/mol. The number of nitrogens with one attached hydrogen (secondary N) is 1. The zero-order chi connectivity index (χ0) is 9.97. The lowest BCUT2D eigenvalue weighted by Gasteiger charge is -2.42. The number of hydrogen-bond acceptors (Lipinski definition) is 2. The SMILES string of the molecule is CC(C)NC1CCN(C2CCC2)CC1. The zero-order valence-corrected chi connectivity index (χ0v) is 9.63. The highest BCUT2D eigenvalue weighted by Crippen LogP contribution is 2.27. The van der Waals surface area contributed by atoms with Crippen LogP contribution in [0, 0.1) is 0 Å². The first-order valence-corrected chi connectivity index (χ1v) is 6.26. The fourth-order valence-corrected chi connectivity index (χ4v) is 2.65. The van der Waals surface area contributed by atoms with Crippen molar-refractivity contribution in [1.82, 2.24) is 10.2 Å². The normalized spacial score (nSPS) is 26.8. The minimum atomic E-state index is 0.648. The van der Waals surface area contributed by atoms with Crippen LogP contribution in [0.2, 0.25) is 0 Å². The van der Waals surface area contributed by atoms with Crippen molar-refractivity contribution in [2.75, 3.05) is 13.1 Å². The van der Waals surface area contributed by atoms with E-state index in [0.717, 1.165) is 12.1 Å². The smallest absolute Gasteiger partial charge is 0.00952 e. The molecule has 2 nitrogen and oxygen atoms in total. The Kier molecular flexibility index (Phi) is 3.45. The Morgan fingerprint density at radius 2 is 1.71 bits per heavy atom. The van der Waals surface area contributed by atoms with Crippen molar-refractivity contribution < 1.29 is 0 Å². The molecule has 82 valence electrons. The molecule has 0 aromatic rings. The Hall–Kier alpha value is -0.0800. The maximum Gasteiger partial charge on any atom is 0.00952 e. The lowest BCUT2D eigenvalue weighted by Crippen LogP contribution is -2.49. The van der Waals surface area contributed by atoms with Gasteiger partial charge in [0.2, 0.25) is 0 Å². The van der Waals surface area contributed by atoms with Gasteiger partial charge in [0.1, 0.15) is 0 Å². The molecule has 0 amide bonds. The Morgan fingerprint density at radius 1 is 1.07 bits per heavy atom. The van der Waals surface area contributed by atoms with Gasteiger partial charge in [-0.3, -0.25) is 0 Å². The van der Waals surface area contributed by atoms with Gasteiger partial charge in [0.25, 0.3) is 0 Å². The summed E-state index contributed by atoms with van der Waals surface area (Å²) in [4.78, 5) is 2.71. The third-order valence-corrected chi connectivity index (χ3v) is 3.69. The first-order chi connectivity index (χ1) is 6.75. The van der Waals surface area contributed by atoms with Crippen molar-refractivity contribution in [3.63, 3.8) is 0 Å². The van der Waals surface area contributed by atoms with Crippen LogP contribution < -0.4 is 5.32 Å². The Morgan fingerprint density at radius 3 is 2.14 bits per heavy atom. The van der Waals surface area contributed by atoms with Crippen LogP contribution in [0.1, 0.15) is 46.0 Å². The Bertz CT molecular complexity index is 167. The van der Waals surface area contributed by atoms with Gasteiger partial charge in [-0.25, -0.2) is 0 Å². The summed E-state index contributed by atoms with van der Waals surface area (Å²) >= 11 is 0. The van der Waals surface area contributed by atoms with Crippen molar-refractivity contribution in [2.24, 2.45) is 0 Å². The molecule has 1 aliphatic carbocycles. The number of rotatable bonds is 3. The van der Waals surface area contributed by atoms with Crippen LogP contribution in [0.4, 0.5) is 0 Å². The highest BCUT2D eigenvalue weighted by atomic mass is 15.2. The molecule has 1 saturated carbocycles. The predicted molar refractivity (Wildman–Crippen MR) is 60.5 cm³/mol. The maximum absolute atomic E-state index is 3.65. The quantitative estimate of drug-likeness (QED) is 0.743. The molecule has 0 atom stereocenters. The van der Waals surface area contributed by atoms with E-state index in [2.05, 4.69) is 24.1 Å². The molecule has 1 heterocycles. The lowest BCUT2D eigenvalue weighted by molar-refractivity contribution is 0.0910. The third kappa shape index (κ3) is 2.48. The van der Waals surface area contributed by atoms with Gasteiger partial charge in [-0.05, 0) is 38.8 Å². The van der Waals surface area contributed by atoms with Crippen LogP contribution in [0.25, 0.3) is 0 Å². The second-order valence-corrected chi connectivity index (χ2v) is 5.22. The van der Waals surface area contributed by atoms with Gasteiger partial charge in [0.15, 0.2) is 0 Å². The van der Waals surface area contributed by atoms with Crippen LogP contribution in [-0.2, 0) is 0 Å². The predicted octanol–water partition coefficient (Wildman–Crippen LogP) is 2.00. The van der Waals surface area contributed by atoms with Crippen molar-refractivity contribution in [1.29, 1.82) is 0 Å². The van der Waals surface area contributed by atoms with Gasteiger partial charge >= 0.3 is 0 Å². The molecule has 0 aromatic heterocycles. The van der Waals surface area contributed by atoms with Gasteiger partial charge in [-0.1, -0.05) is 20.3 Å². The molecule has 1 N–H and O–H groups in total. The molecule has 2 heteroatoms. The lowest BCUT2D eigenvalue weighted by atomic mass is 9.89. The van der Waals surface area contributed by atoms with Gasteiger partial charge < -0.3 is 10.2 Å². The van der Waals surface area contributed by atoms with Crippen molar-refractivity contribution in [2.45, 2.75) is 64.1 Å². The van der Waals surface area contributed by atoms with Crippen LogP contribution in [0.15, 0.2) is 0 Å². The zero-order valence-electron chi connectivity index (χ0n) is 9.63. The molecule has 2 fully saturated rings. The summed E-state index contributed by atoms with van der Waals surface area (Å²) in [6, 6.07) is 2.39.